The van der Waals surface area contributed by atoms with Gasteiger partial charge in [0.15, 0.2) is 0 Å². The van der Waals surface area contributed by atoms with E-state index in [1.807, 2.05) is 11.0 Å². The summed E-state index contributed by atoms with van der Waals surface area (Å²) in [6.07, 6.45) is 0. The zero-order valence-corrected chi connectivity index (χ0v) is 14.9. The average Bonchev–Trinajstić information content (AvgIpc) is 2.67. The number of amides is 1. The number of piperazine rings is 2. The second-order valence-corrected chi connectivity index (χ2v) is 7.16. The van der Waals surface area contributed by atoms with Gasteiger partial charge in [0.25, 0.3) is 0 Å². The number of carbonyl (C=O) groups excluding carboxylic acids is 1. The summed E-state index contributed by atoms with van der Waals surface area (Å²) in [6, 6.07) is 16.8. The predicted octanol–water partition coefficient (Wildman–Crippen LogP) is 2.35. The molecular weight excluding hydrogens is 329 g/mol. The number of benzene rings is 2. The summed E-state index contributed by atoms with van der Waals surface area (Å²) in [7, 11) is 0. The van der Waals surface area contributed by atoms with Crippen molar-refractivity contribution in [2.45, 2.75) is 19.1 Å². The molecule has 4 nitrogen and oxygen atoms in total. The highest BCUT2D eigenvalue weighted by molar-refractivity contribution is 5.83. The van der Waals surface area contributed by atoms with Gasteiger partial charge in [-0.3, -0.25) is 14.6 Å². The Labute approximate surface area is 153 Å². The van der Waals surface area contributed by atoms with Crippen LogP contribution >= 0.6 is 0 Å². The first-order valence-electron chi connectivity index (χ1n) is 9.22. The largest absolute Gasteiger partial charge is 0.336 e. The molecule has 5 heteroatoms. The van der Waals surface area contributed by atoms with E-state index in [2.05, 4.69) is 34.1 Å². The van der Waals surface area contributed by atoms with Gasteiger partial charge in [0.05, 0.1) is 0 Å². The van der Waals surface area contributed by atoms with Gasteiger partial charge in [-0.15, -0.1) is 0 Å². The third-order valence-electron chi connectivity index (χ3n) is 5.36. The molecule has 2 heterocycles. The minimum atomic E-state index is -0.242. The first-order valence-corrected chi connectivity index (χ1v) is 9.22. The lowest BCUT2D eigenvalue weighted by Gasteiger charge is -2.46. The van der Waals surface area contributed by atoms with Crippen molar-refractivity contribution in [2.75, 3.05) is 32.7 Å². The van der Waals surface area contributed by atoms with Gasteiger partial charge in [-0.25, -0.2) is 4.39 Å². The van der Waals surface area contributed by atoms with Gasteiger partial charge >= 0.3 is 0 Å². The highest BCUT2D eigenvalue weighted by atomic mass is 19.1. The number of fused-ring (bicyclic) bond motifs is 1. The Kier molecular flexibility index (Phi) is 5.00. The lowest BCUT2D eigenvalue weighted by atomic mass is 10.1. The summed E-state index contributed by atoms with van der Waals surface area (Å²) in [5.74, 6) is -0.0490. The smallest absolute Gasteiger partial charge is 0.241 e. The highest BCUT2D eigenvalue weighted by Crippen LogP contribution is 2.20. The van der Waals surface area contributed by atoms with Crippen LogP contribution in [0.25, 0.3) is 0 Å². The van der Waals surface area contributed by atoms with Gasteiger partial charge in [0.1, 0.15) is 11.9 Å². The monoisotopic (exact) mass is 353 g/mol. The van der Waals surface area contributed by atoms with Crippen LogP contribution in [0.3, 0.4) is 0 Å². The van der Waals surface area contributed by atoms with Gasteiger partial charge in [-0.2, -0.15) is 0 Å². The molecule has 2 saturated heterocycles. The topological polar surface area (TPSA) is 26.8 Å². The molecule has 2 aliphatic rings. The van der Waals surface area contributed by atoms with Gasteiger partial charge < -0.3 is 4.90 Å². The van der Waals surface area contributed by atoms with Crippen LogP contribution in [0.5, 0.6) is 0 Å². The minimum Gasteiger partial charge on any atom is -0.336 e. The summed E-state index contributed by atoms with van der Waals surface area (Å²) in [6.45, 7) is 5.80. The van der Waals surface area contributed by atoms with E-state index < -0.39 is 0 Å². The Morgan fingerprint density at radius 2 is 1.54 bits per heavy atom. The van der Waals surface area contributed by atoms with Crippen molar-refractivity contribution in [3.63, 3.8) is 0 Å². The molecule has 26 heavy (non-hydrogen) atoms. The van der Waals surface area contributed by atoms with Crippen LogP contribution in [0.2, 0.25) is 0 Å². The molecule has 1 unspecified atom stereocenters. The molecule has 2 fully saturated rings. The molecule has 0 saturated carbocycles. The molecule has 0 aliphatic carbocycles. The van der Waals surface area contributed by atoms with Crippen molar-refractivity contribution in [1.82, 2.24) is 14.7 Å². The van der Waals surface area contributed by atoms with E-state index in [1.54, 1.807) is 12.1 Å². The maximum Gasteiger partial charge on any atom is 0.241 e. The van der Waals surface area contributed by atoms with E-state index in [0.29, 0.717) is 6.54 Å². The quantitative estimate of drug-likeness (QED) is 0.844. The standard InChI is InChI=1S/C21H24FN3O/c22-19-8-6-18(7-9-19)15-25-13-12-24-11-10-23(16-20(24)21(25)26)14-17-4-2-1-3-5-17/h1-9,20H,10-16H2. The summed E-state index contributed by atoms with van der Waals surface area (Å²) >= 11 is 0. The lowest BCUT2D eigenvalue weighted by molar-refractivity contribution is -0.146. The average molecular weight is 353 g/mol. The summed E-state index contributed by atoms with van der Waals surface area (Å²) in [5, 5.41) is 0. The predicted molar refractivity (Wildman–Crippen MR) is 98.9 cm³/mol. The number of nitrogens with zero attached hydrogens (tertiary/aromatic N) is 3. The van der Waals surface area contributed by atoms with Crippen LogP contribution in [0.15, 0.2) is 54.6 Å². The van der Waals surface area contributed by atoms with E-state index >= 15 is 0 Å². The Morgan fingerprint density at radius 1 is 0.846 bits per heavy atom. The molecule has 0 N–H and O–H groups in total. The number of rotatable bonds is 4. The van der Waals surface area contributed by atoms with E-state index in [1.165, 1.54) is 17.7 Å². The molecule has 0 radical (unpaired) electrons. The van der Waals surface area contributed by atoms with Crippen LogP contribution in [-0.2, 0) is 17.9 Å². The van der Waals surface area contributed by atoms with Gasteiger partial charge in [-0.1, -0.05) is 42.5 Å². The molecule has 2 aromatic rings. The van der Waals surface area contributed by atoms with E-state index in [0.717, 1.165) is 44.8 Å². The van der Waals surface area contributed by atoms with Gasteiger partial charge in [0, 0.05) is 45.8 Å². The summed E-state index contributed by atoms with van der Waals surface area (Å²) in [5.41, 5.74) is 2.26. The molecule has 0 spiro atoms. The van der Waals surface area contributed by atoms with E-state index in [9.17, 15) is 9.18 Å². The van der Waals surface area contributed by atoms with Crippen LogP contribution in [0.4, 0.5) is 4.39 Å². The zero-order valence-electron chi connectivity index (χ0n) is 14.9. The Bertz CT molecular complexity index is 750. The van der Waals surface area contributed by atoms with E-state index in [-0.39, 0.29) is 17.8 Å². The fraction of sp³-hybridized carbons (Fsp3) is 0.381. The minimum absolute atomic E-state index is 0.0679. The molecular formula is C21H24FN3O. The molecule has 4 rings (SSSR count). The summed E-state index contributed by atoms with van der Waals surface area (Å²) in [4.78, 5) is 19.6. The third kappa shape index (κ3) is 3.79. The van der Waals surface area contributed by atoms with Gasteiger partial charge in [0.2, 0.25) is 5.91 Å². The van der Waals surface area contributed by atoms with Crippen molar-refractivity contribution in [1.29, 1.82) is 0 Å². The number of carbonyl (C=O) groups is 1. The van der Waals surface area contributed by atoms with Crippen molar-refractivity contribution in [3.8, 4) is 0 Å². The lowest BCUT2D eigenvalue weighted by Crippen LogP contribution is -2.64. The van der Waals surface area contributed by atoms with Crippen molar-refractivity contribution < 1.29 is 9.18 Å². The first kappa shape index (κ1) is 17.2. The maximum atomic E-state index is 13.1. The normalized spacial score (nSPS) is 21.7. The molecule has 2 aliphatic heterocycles. The second-order valence-electron chi connectivity index (χ2n) is 7.16. The van der Waals surface area contributed by atoms with Crippen LogP contribution in [0, 0.1) is 5.82 Å². The van der Waals surface area contributed by atoms with Crippen molar-refractivity contribution in [3.05, 3.63) is 71.5 Å². The first-order chi connectivity index (χ1) is 12.7. The maximum absolute atomic E-state index is 13.1. The zero-order chi connectivity index (χ0) is 17.9. The molecule has 1 amide bonds. The SMILES string of the molecule is O=C1C2CN(Cc3ccccc3)CCN2CCN1Cc1ccc(F)cc1. The van der Waals surface area contributed by atoms with E-state index in [4.69, 9.17) is 0 Å². The fourth-order valence-electron chi connectivity index (χ4n) is 3.90. The third-order valence-corrected chi connectivity index (χ3v) is 5.36. The van der Waals surface area contributed by atoms with Crippen LogP contribution in [0.1, 0.15) is 11.1 Å². The Balaban J connectivity index is 1.41. The molecule has 0 aromatic heterocycles. The number of hydrogen-bond donors (Lipinski definition) is 0. The second kappa shape index (κ2) is 7.56. The van der Waals surface area contributed by atoms with Crippen LogP contribution < -0.4 is 0 Å². The number of hydrogen-bond acceptors (Lipinski definition) is 3. The van der Waals surface area contributed by atoms with Gasteiger partial charge in [-0.05, 0) is 23.3 Å². The van der Waals surface area contributed by atoms with Crippen LogP contribution in [-0.4, -0.2) is 59.4 Å². The summed E-state index contributed by atoms with van der Waals surface area (Å²) < 4.78 is 13.1. The Morgan fingerprint density at radius 3 is 2.31 bits per heavy atom. The molecule has 1 atom stereocenters. The van der Waals surface area contributed by atoms with Crippen molar-refractivity contribution >= 4 is 5.91 Å². The molecule has 2 aromatic carbocycles. The Hall–Kier alpha value is -2.24. The van der Waals surface area contributed by atoms with Crippen molar-refractivity contribution in [2.24, 2.45) is 0 Å². The number of halogens is 1. The fourth-order valence-corrected chi connectivity index (χ4v) is 3.90. The molecule has 136 valence electrons. The highest BCUT2D eigenvalue weighted by Gasteiger charge is 2.38. The molecule has 0 bridgehead atoms.